The Kier molecular flexibility index (Phi) is 4.90. The molecule has 8 nitrogen and oxygen atoms in total. The summed E-state index contributed by atoms with van der Waals surface area (Å²) in [6.07, 6.45) is 1.32. The number of benzene rings is 1. The van der Waals surface area contributed by atoms with Crippen molar-refractivity contribution in [1.29, 1.82) is 0 Å². The Bertz CT molecular complexity index is 932. The first-order valence-electron chi connectivity index (χ1n) is 7.71. The van der Waals surface area contributed by atoms with Crippen LogP contribution in [0.5, 0.6) is 0 Å². The number of nitrogens with two attached hydrogens (primary N) is 1. The van der Waals surface area contributed by atoms with Crippen LogP contribution in [0.4, 0.5) is 15.8 Å². The summed E-state index contributed by atoms with van der Waals surface area (Å²) < 4.78 is 14.2. The fourth-order valence-electron chi connectivity index (χ4n) is 2.73. The van der Waals surface area contributed by atoms with Crippen molar-refractivity contribution in [3.8, 4) is 0 Å². The first-order chi connectivity index (χ1) is 12.4. The zero-order valence-corrected chi connectivity index (χ0v) is 14.3. The van der Waals surface area contributed by atoms with Crippen LogP contribution in [-0.2, 0) is 16.1 Å². The second-order valence-corrected chi connectivity index (χ2v) is 6.10. The first-order valence-corrected chi connectivity index (χ1v) is 8.09. The van der Waals surface area contributed by atoms with Gasteiger partial charge in [0.25, 0.3) is 5.56 Å². The van der Waals surface area contributed by atoms with E-state index in [2.05, 4.69) is 5.10 Å². The standard InChI is InChI=1S/C16H15ClFN5O3/c17-15-12(7-20-23(16(15)26)8-13(19)24)21-4-5-22(14(25)9-21)11-3-1-2-10(18)6-11/h1-3,6-7H,4-5,8-9H2,(H2,19,24). The fraction of sp³-hybridized carbons (Fsp3) is 0.250. The first kappa shape index (κ1) is 17.9. The molecule has 1 aliphatic rings. The highest BCUT2D eigenvalue weighted by Gasteiger charge is 2.27. The predicted octanol–water partition coefficient (Wildman–Crippen LogP) is 0.374. The van der Waals surface area contributed by atoms with Crippen molar-refractivity contribution in [2.75, 3.05) is 29.4 Å². The minimum atomic E-state index is -0.720. The Labute approximate surface area is 152 Å². The zero-order chi connectivity index (χ0) is 18.8. The number of aromatic nitrogens is 2. The van der Waals surface area contributed by atoms with E-state index in [9.17, 15) is 18.8 Å². The average molecular weight is 380 g/mol. The van der Waals surface area contributed by atoms with Gasteiger partial charge in [-0.3, -0.25) is 14.4 Å². The molecule has 2 N–H and O–H groups in total. The Morgan fingerprint density at radius 1 is 1.31 bits per heavy atom. The summed E-state index contributed by atoms with van der Waals surface area (Å²) >= 11 is 6.10. The maximum atomic E-state index is 13.4. The van der Waals surface area contributed by atoms with Crippen molar-refractivity contribution in [2.45, 2.75) is 6.54 Å². The third kappa shape index (κ3) is 3.52. The van der Waals surface area contributed by atoms with Gasteiger partial charge in [0, 0.05) is 18.8 Å². The molecular formula is C16H15ClFN5O3. The van der Waals surface area contributed by atoms with Crippen molar-refractivity contribution in [3.05, 3.63) is 51.7 Å². The minimum absolute atomic E-state index is 0.0445. The molecule has 136 valence electrons. The summed E-state index contributed by atoms with van der Waals surface area (Å²) in [5.74, 6) is -1.41. The van der Waals surface area contributed by atoms with Gasteiger partial charge in [-0.05, 0) is 18.2 Å². The van der Waals surface area contributed by atoms with Crippen LogP contribution in [0.15, 0.2) is 35.3 Å². The molecule has 2 aromatic rings. The van der Waals surface area contributed by atoms with E-state index < -0.39 is 17.3 Å². The van der Waals surface area contributed by atoms with E-state index in [1.165, 1.54) is 29.3 Å². The minimum Gasteiger partial charge on any atom is -0.368 e. The van der Waals surface area contributed by atoms with Gasteiger partial charge in [-0.1, -0.05) is 17.7 Å². The van der Waals surface area contributed by atoms with Gasteiger partial charge in [-0.25, -0.2) is 9.07 Å². The maximum absolute atomic E-state index is 13.4. The number of hydrogen-bond acceptors (Lipinski definition) is 5. The molecule has 10 heteroatoms. The zero-order valence-electron chi connectivity index (χ0n) is 13.6. The Balaban J connectivity index is 1.81. The van der Waals surface area contributed by atoms with Crippen molar-refractivity contribution in [2.24, 2.45) is 5.73 Å². The molecule has 0 unspecified atom stereocenters. The molecule has 0 aliphatic carbocycles. The molecule has 0 spiro atoms. The molecule has 0 atom stereocenters. The number of amides is 2. The third-order valence-corrected chi connectivity index (χ3v) is 4.31. The Hall–Kier alpha value is -2.94. The van der Waals surface area contributed by atoms with E-state index in [0.717, 1.165) is 4.68 Å². The van der Waals surface area contributed by atoms with Gasteiger partial charge >= 0.3 is 0 Å². The molecule has 2 heterocycles. The molecule has 1 aliphatic heterocycles. The molecule has 1 aromatic carbocycles. The quantitative estimate of drug-likeness (QED) is 0.827. The third-order valence-electron chi connectivity index (χ3n) is 3.95. The molecule has 0 bridgehead atoms. The monoisotopic (exact) mass is 379 g/mol. The predicted molar refractivity (Wildman–Crippen MR) is 93.7 cm³/mol. The van der Waals surface area contributed by atoms with E-state index in [4.69, 9.17) is 17.3 Å². The van der Waals surface area contributed by atoms with E-state index in [-0.39, 0.29) is 24.0 Å². The number of halogens is 2. The van der Waals surface area contributed by atoms with Crippen molar-refractivity contribution < 1.29 is 14.0 Å². The van der Waals surface area contributed by atoms with Gasteiger partial charge in [-0.15, -0.1) is 0 Å². The fourth-order valence-corrected chi connectivity index (χ4v) is 3.00. The second kappa shape index (κ2) is 7.12. The molecule has 0 saturated carbocycles. The van der Waals surface area contributed by atoms with Crippen LogP contribution in [0.2, 0.25) is 5.02 Å². The van der Waals surface area contributed by atoms with Crippen LogP contribution >= 0.6 is 11.6 Å². The molecule has 0 radical (unpaired) electrons. The molecule has 3 rings (SSSR count). The molecular weight excluding hydrogens is 365 g/mol. The van der Waals surface area contributed by atoms with Gasteiger partial charge < -0.3 is 15.5 Å². The van der Waals surface area contributed by atoms with Gasteiger partial charge in [0.2, 0.25) is 11.8 Å². The molecule has 26 heavy (non-hydrogen) atoms. The van der Waals surface area contributed by atoms with Gasteiger partial charge in [0.1, 0.15) is 17.4 Å². The van der Waals surface area contributed by atoms with Crippen LogP contribution < -0.4 is 21.1 Å². The molecule has 1 aromatic heterocycles. The number of carbonyl (C=O) groups is 2. The van der Waals surface area contributed by atoms with Crippen LogP contribution in [0, 0.1) is 5.82 Å². The summed E-state index contributed by atoms with van der Waals surface area (Å²) in [4.78, 5) is 38.7. The number of anilines is 2. The Morgan fingerprint density at radius 3 is 2.73 bits per heavy atom. The van der Waals surface area contributed by atoms with Crippen LogP contribution in [0.25, 0.3) is 0 Å². The summed E-state index contributed by atoms with van der Waals surface area (Å²) in [7, 11) is 0. The summed E-state index contributed by atoms with van der Waals surface area (Å²) in [6.45, 7) is 0.244. The number of piperazine rings is 1. The second-order valence-electron chi connectivity index (χ2n) is 5.72. The summed E-state index contributed by atoms with van der Waals surface area (Å²) in [5, 5.41) is 3.73. The van der Waals surface area contributed by atoms with Crippen LogP contribution in [-0.4, -0.2) is 41.2 Å². The lowest BCUT2D eigenvalue weighted by Crippen LogP contribution is -2.51. The highest BCUT2D eigenvalue weighted by molar-refractivity contribution is 6.33. The average Bonchev–Trinajstić information content (AvgIpc) is 2.59. The lowest BCUT2D eigenvalue weighted by Gasteiger charge is -2.35. The van der Waals surface area contributed by atoms with Gasteiger partial charge in [0.15, 0.2) is 0 Å². The number of nitrogens with zero attached hydrogens (tertiary/aromatic N) is 4. The van der Waals surface area contributed by atoms with Crippen molar-refractivity contribution in [1.82, 2.24) is 9.78 Å². The maximum Gasteiger partial charge on any atom is 0.288 e. The van der Waals surface area contributed by atoms with E-state index in [0.29, 0.717) is 24.5 Å². The summed E-state index contributed by atoms with van der Waals surface area (Å²) in [6, 6.07) is 5.77. The van der Waals surface area contributed by atoms with E-state index in [1.807, 2.05) is 0 Å². The largest absolute Gasteiger partial charge is 0.368 e. The van der Waals surface area contributed by atoms with Crippen molar-refractivity contribution >= 4 is 34.8 Å². The highest BCUT2D eigenvalue weighted by Crippen LogP contribution is 2.25. The lowest BCUT2D eigenvalue weighted by molar-refractivity contribution is -0.119. The highest BCUT2D eigenvalue weighted by atomic mass is 35.5. The number of carbonyl (C=O) groups excluding carboxylic acids is 2. The van der Waals surface area contributed by atoms with Crippen molar-refractivity contribution in [3.63, 3.8) is 0 Å². The lowest BCUT2D eigenvalue weighted by atomic mass is 10.2. The van der Waals surface area contributed by atoms with E-state index in [1.54, 1.807) is 11.0 Å². The normalized spacial score (nSPS) is 14.6. The topological polar surface area (TPSA) is 102 Å². The Morgan fingerprint density at radius 2 is 2.08 bits per heavy atom. The smallest absolute Gasteiger partial charge is 0.288 e. The number of hydrogen-bond donors (Lipinski definition) is 1. The number of primary amides is 1. The molecule has 1 saturated heterocycles. The van der Waals surface area contributed by atoms with Crippen LogP contribution in [0.1, 0.15) is 0 Å². The van der Waals surface area contributed by atoms with E-state index >= 15 is 0 Å². The summed E-state index contributed by atoms with van der Waals surface area (Å²) in [5.41, 5.74) is 5.15. The number of rotatable bonds is 4. The van der Waals surface area contributed by atoms with Gasteiger partial charge in [-0.2, -0.15) is 5.10 Å². The van der Waals surface area contributed by atoms with Gasteiger partial charge in [0.05, 0.1) is 18.4 Å². The SMILES string of the molecule is NC(=O)Cn1ncc(N2CCN(c3cccc(F)c3)C(=O)C2)c(Cl)c1=O. The molecule has 2 amide bonds. The van der Waals surface area contributed by atoms with Crippen LogP contribution in [0.3, 0.4) is 0 Å². The molecule has 1 fully saturated rings.